The molecule has 0 saturated heterocycles. The third-order valence-corrected chi connectivity index (χ3v) is 3.80. The number of fused-ring (bicyclic) bond motifs is 1. The van der Waals surface area contributed by atoms with E-state index < -0.39 is 0 Å². The monoisotopic (exact) mass is 350 g/mol. The number of carbonyl (C=O) groups excluding carboxylic acids is 1. The second kappa shape index (κ2) is 8.92. The molecule has 0 bridgehead atoms. The van der Waals surface area contributed by atoms with Gasteiger partial charge in [0, 0.05) is 30.8 Å². The van der Waals surface area contributed by atoms with Crippen LogP contribution in [0.25, 0.3) is 10.9 Å². The lowest BCUT2D eigenvalue weighted by Gasteiger charge is -2.11. The zero-order chi connectivity index (χ0) is 18.2. The minimum absolute atomic E-state index is 0.151. The summed E-state index contributed by atoms with van der Waals surface area (Å²) < 4.78 is 5.27. The highest BCUT2D eigenvalue weighted by molar-refractivity contribution is 5.97. The largest absolute Gasteiger partial charge is 0.382 e. The Bertz CT molecular complexity index is 868. The molecule has 0 atom stereocenters. The van der Waals surface area contributed by atoms with Crippen molar-refractivity contribution >= 4 is 28.3 Å². The summed E-state index contributed by atoms with van der Waals surface area (Å²) in [5.74, 6) is 0.475. The van der Waals surface area contributed by atoms with Crippen molar-refractivity contribution in [1.29, 1.82) is 0 Å². The number of amides is 1. The molecule has 26 heavy (non-hydrogen) atoms. The Balaban J connectivity index is 1.81. The van der Waals surface area contributed by atoms with Gasteiger partial charge < -0.3 is 15.4 Å². The van der Waals surface area contributed by atoms with Gasteiger partial charge in [0.15, 0.2) is 0 Å². The van der Waals surface area contributed by atoms with Gasteiger partial charge in [-0.15, -0.1) is 0 Å². The first-order chi connectivity index (χ1) is 12.8. The van der Waals surface area contributed by atoms with Gasteiger partial charge in [-0.2, -0.15) is 0 Å². The Morgan fingerprint density at radius 1 is 1.04 bits per heavy atom. The van der Waals surface area contributed by atoms with E-state index in [0.29, 0.717) is 25.6 Å². The molecular weight excluding hydrogens is 328 g/mol. The molecule has 134 valence electrons. The van der Waals surface area contributed by atoms with E-state index in [2.05, 4.69) is 20.6 Å². The number of anilines is 2. The molecule has 3 rings (SSSR count). The maximum absolute atomic E-state index is 12.4. The quantitative estimate of drug-likeness (QED) is 0.608. The number of hydrogen-bond donors (Lipinski definition) is 2. The van der Waals surface area contributed by atoms with Crippen molar-refractivity contribution in [2.45, 2.75) is 13.3 Å². The lowest BCUT2D eigenvalue weighted by atomic mass is 10.2. The molecular formula is C20H22N4O2. The fraction of sp³-hybridized carbons (Fsp3) is 0.250. The summed E-state index contributed by atoms with van der Waals surface area (Å²) in [5, 5.41) is 6.98. The topological polar surface area (TPSA) is 76.1 Å². The minimum Gasteiger partial charge on any atom is -0.382 e. The number of ether oxygens (including phenoxy) is 1. The molecule has 0 unspecified atom stereocenters. The van der Waals surface area contributed by atoms with Gasteiger partial charge in [-0.05, 0) is 37.6 Å². The molecule has 0 aliphatic heterocycles. The molecule has 1 heterocycles. The second-order valence-electron chi connectivity index (χ2n) is 5.71. The number of nitrogens with zero attached hydrogens (tertiary/aromatic N) is 2. The van der Waals surface area contributed by atoms with Crippen LogP contribution in [-0.4, -0.2) is 35.6 Å². The highest BCUT2D eigenvalue weighted by Crippen LogP contribution is 2.23. The molecule has 1 amide bonds. The van der Waals surface area contributed by atoms with Crippen molar-refractivity contribution < 1.29 is 9.53 Å². The molecule has 0 saturated carbocycles. The zero-order valence-electron chi connectivity index (χ0n) is 14.7. The predicted octanol–water partition coefficient (Wildman–Crippen LogP) is 3.53. The third kappa shape index (κ3) is 4.55. The first kappa shape index (κ1) is 17.8. The fourth-order valence-electron chi connectivity index (χ4n) is 2.53. The van der Waals surface area contributed by atoms with Gasteiger partial charge in [0.1, 0.15) is 5.82 Å². The van der Waals surface area contributed by atoms with E-state index in [1.165, 1.54) is 0 Å². The normalized spacial score (nSPS) is 10.7. The summed E-state index contributed by atoms with van der Waals surface area (Å²) in [6.45, 7) is 3.77. The Hall–Kier alpha value is -2.99. The van der Waals surface area contributed by atoms with Crippen LogP contribution in [-0.2, 0) is 4.74 Å². The van der Waals surface area contributed by atoms with Crippen molar-refractivity contribution in [2.24, 2.45) is 0 Å². The van der Waals surface area contributed by atoms with Gasteiger partial charge in [-0.1, -0.05) is 30.3 Å². The van der Waals surface area contributed by atoms with Crippen LogP contribution >= 0.6 is 0 Å². The lowest BCUT2D eigenvalue weighted by Crippen LogP contribution is -2.27. The standard InChI is InChI=1S/C20H22N4O2/c1-2-26-14-8-13-21-20(25)19-23-17-12-7-6-11-16(17)18(24-19)22-15-9-4-3-5-10-15/h3-7,9-12H,2,8,13-14H2,1H3,(H,21,25)(H,22,23,24). The number of aromatic nitrogens is 2. The van der Waals surface area contributed by atoms with Gasteiger partial charge in [0.25, 0.3) is 5.91 Å². The van der Waals surface area contributed by atoms with Crippen LogP contribution in [0.5, 0.6) is 0 Å². The van der Waals surface area contributed by atoms with Gasteiger partial charge in [0.2, 0.25) is 5.82 Å². The smallest absolute Gasteiger partial charge is 0.289 e. The van der Waals surface area contributed by atoms with Crippen molar-refractivity contribution in [2.75, 3.05) is 25.1 Å². The number of para-hydroxylation sites is 2. The molecule has 2 aromatic carbocycles. The molecule has 0 aliphatic carbocycles. The summed E-state index contributed by atoms with van der Waals surface area (Å²) in [4.78, 5) is 21.3. The van der Waals surface area contributed by atoms with Crippen LogP contribution in [0.3, 0.4) is 0 Å². The summed E-state index contributed by atoms with van der Waals surface area (Å²) in [6.07, 6.45) is 0.752. The van der Waals surface area contributed by atoms with E-state index in [9.17, 15) is 4.79 Å². The molecule has 3 aromatic rings. The SMILES string of the molecule is CCOCCCNC(=O)c1nc(Nc2ccccc2)c2ccccc2n1. The van der Waals surface area contributed by atoms with E-state index in [4.69, 9.17) is 4.74 Å². The minimum atomic E-state index is -0.289. The summed E-state index contributed by atoms with van der Waals surface area (Å²) in [6, 6.07) is 17.4. The first-order valence-corrected chi connectivity index (χ1v) is 8.72. The second-order valence-corrected chi connectivity index (χ2v) is 5.71. The van der Waals surface area contributed by atoms with E-state index >= 15 is 0 Å². The molecule has 0 aliphatic rings. The van der Waals surface area contributed by atoms with E-state index in [0.717, 1.165) is 23.0 Å². The number of hydrogen-bond acceptors (Lipinski definition) is 5. The molecule has 6 heteroatoms. The number of benzene rings is 2. The number of carbonyl (C=O) groups is 1. The maximum atomic E-state index is 12.4. The van der Waals surface area contributed by atoms with E-state index in [1.807, 2.05) is 61.5 Å². The lowest BCUT2D eigenvalue weighted by molar-refractivity contribution is 0.0934. The molecule has 0 spiro atoms. The fourth-order valence-corrected chi connectivity index (χ4v) is 2.53. The summed E-state index contributed by atoms with van der Waals surface area (Å²) in [5.41, 5.74) is 1.62. The van der Waals surface area contributed by atoms with Gasteiger partial charge in [-0.3, -0.25) is 4.79 Å². The van der Waals surface area contributed by atoms with Crippen molar-refractivity contribution in [3.05, 3.63) is 60.4 Å². The van der Waals surface area contributed by atoms with Crippen molar-refractivity contribution in [3.63, 3.8) is 0 Å². The van der Waals surface area contributed by atoms with E-state index in [-0.39, 0.29) is 11.7 Å². The molecule has 1 aromatic heterocycles. The third-order valence-electron chi connectivity index (χ3n) is 3.80. The average molecular weight is 350 g/mol. The Morgan fingerprint density at radius 2 is 1.81 bits per heavy atom. The summed E-state index contributed by atoms with van der Waals surface area (Å²) in [7, 11) is 0. The Morgan fingerprint density at radius 3 is 2.62 bits per heavy atom. The Kier molecular flexibility index (Phi) is 6.11. The summed E-state index contributed by atoms with van der Waals surface area (Å²) >= 11 is 0. The Labute approximate surface area is 152 Å². The van der Waals surface area contributed by atoms with Crippen LogP contribution in [0.1, 0.15) is 24.0 Å². The van der Waals surface area contributed by atoms with Crippen molar-refractivity contribution in [3.8, 4) is 0 Å². The van der Waals surface area contributed by atoms with Crippen LogP contribution in [0.2, 0.25) is 0 Å². The van der Waals surface area contributed by atoms with Gasteiger partial charge in [-0.25, -0.2) is 9.97 Å². The van der Waals surface area contributed by atoms with E-state index in [1.54, 1.807) is 0 Å². The zero-order valence-corrected chi connectivity index (χ0v) is 14.7. The predicted molar refractivity (Wildman–Crippen MR) is 103 cm³/mol. The number of rotatable bonds is 8. The molecule has 0 radical (unpaired) electrons. The average Bonchev–Trinajstić information content (AvgIpc) is 2.68. The van der Waals surface area contributed by atoms with Crippen LogP contribution < -0.4 is 10.6 Å². The molecule has 2 N–H and O–H groups in total. The molecule has 0 fully saturated rings. The highest BCUT2D eigenvalue weighted by atomic mass is 16.5. The first-order valence-electron chi connectivity index (χ1n) is 8.72. The molecule has 6 nitrogen and oxygen atoms in total. The van der Waals surface area contributed by atoms with Crippen LogP contribution in [0.15, 0.2) is 54.6 Å². The number of nitrogens with one attached hydrogen (secondary N) is 2. The van der Waals surface area contributed by atoms with Crippen LogP contribution in [0.4, 0.5) is 11.5 Å². The van der Waals surface area contributed by atoms with Gasteiger partial charge in [0.05, 0.1) is 5.52 Å². The van der Waals surface area contributed by atoms with Crippen molar-refractivity contribution in [1.82, 2.24) is 15.3 Å². The van der Waals surface area contributed by atoms with Gasteiger partial charge >= 0.3 is 0 Å². The van der Waals surface area contributed by atoms with Crippen LogP contribution in [0, 0.1) is 0 Å². The maximum Gasteiger partial charge on any atom is 0.289 e. The highest BCUT2D eigenvalue weighted by Gasteiger charge is 2.13.